The second-order valence-corrected chi connectivity index (χ2v) is 6.90. The smallest absolute Gasteiger partial charge is 0.235 e. The first-order valence-electron chi connectivity index (χ1n) is 8.87. The van der Waals surface area contributed by atoms with Crippen molar-refractivity contribution in [1.29, 1.82) is 0 Å². The minimum atomic E-state index is -0.442. The largest absolute Gasteiger partial charge is 0.489 e. The van der Waals surface area contributed by atoms with Crippen molar-refractivity contribution >= 4 is 22.6 Å². The van der Waals surface area contributed by atoms with Gasteiger partial charge in [-0.15, -0.1) is 0 Å². The molecule has 0 spiro atoms. The van der Waals surface area contributed by atoms with E-state index in [-0.39, 0.29) is 28.4 Å². The lowest BCUT2D eigenvalue weighted by Gasteiger charge is -2.10. The lowest BCUT2D eigenvalue weighted by molar-refractivity contribution is 0.300. The summed E-state index contributed by atoms with van der Waals surface area (Å²) in [4.78, 5) is 12.7. The molecule has 0 aliphatic rings. The van der Waals surface area contributed by atoms with E-state index >= 15 is 0 Å². The van der Waals surface area contributed by atoms with Gasteiger partial charge in [0.1, 0.15) is 35.8 Å². The molecule has 0 saturated heterocycles. The maximum atomic E-state index is 13.9. The van der Waals surface area contributed by atoms with Crippen molar-refractivity contribution < 1.29 is 18.3 Å². The fourth-order valence-corrected chi connectivity index (χ4v) is 3.03. The van der Waals surface area contributed by atoms with Gasteiger partial charge in [-0.05, 0) is 43.3 Å². The number of fused-ring (bicyclic) bond motifs is 1. The first-order chi connectivity index (χ1) is 14.0. The van der Waals surface area contributed by atoms with Gasteiger partial charge in [0.2, 0.25) is 11.2 Å². The zero-order valence-electron chi connectivity index (χ0n) is 15.4. The monoisotopic (exact) mass is 410 g/mol. The van der Waals surface area contributed by atoms with Crippen LogP contribution >= 0.6 is 11.6 Å². The van der Waals surface area contributed by atoms with Crippen LogP contribution < -0.4 is 14.9 Å². The van der Waals surface area contributed by atoms with Gasteiger partial charge in [0, 0.05) is 11.6 Å². The van der Waals surface area contributed by atoms with Gasteiger partial charge >= 0.3 is 0 Å². The van der Waals surface area contributed by atoms with E-state index in [1.165, 1.54) is 18.4 Å². The first kappa shape index (κ1) is 19.0. The topological polar surface area (TPSA) is 48.7 Å². The van der Waals surface area contributed by atoms with Crippen LogP contribution in [0.15, 0.2) is 76.1 Å². The van der Waals surface area contributed by atoms with Crippen molar-refractivity contribution in [2.45, 2.75) is 13.5 Å². The number of hydrogen-bond acceptors (Lipinski definition) is 4. The maximum absolute atomic E-state index is 13.9. The number of aryl methyl sites for hydroxylation is 1. The summed E-state index contributed by atoms with van der Waals surface area (Å²) in [6.45, 7) is 1.92. The molecule has 29 heavy (non-hydrogen) atoms. The van der Waals surface area contributed by atoms with E-state index in [0.29, 0.717) is 22.5 Å². The Balaban J connectivity index is 1.57. The van der Waals surface area contributed by atoms with Gasteiger partial charge in [-0.2, -0.15) is 0 Å². The molecule has 6 heteroatoms. The molecule has 3 aromatic carbocycles. The molecule has 0 bridgehead atoms. The molecule has 146 valence electrons. The Morgan fingerprint density at radius 3 is 2.55 bits per heavy atom. The van der Waals surface area contributed by atoms with Crippen LogP contribution in [-0.2, 0) is 6.61 Å². The van der Waals surface area contributed by atoms with Crippen molar-refractivity contribution in [3.63, 3.8) is 0 Å². The summed E-state index contributed by atoms with van der Waals surface area (Å²) >= 11 is 6.01. The molecular formula is C23H16ClFO4. The van der Waals surface area contributed by atoms with Crippen LogP contribution in [0.1, 0.15) is 11.1 Å². The molecule has 1 heterocycles. The summed E-state index contributed by atoms with van der Waals surface area (Å²) in [6.07, 6.45) is 1.27. The highest BCUT2D eigenvalue weighted by Gasteiger charge is 2.12. The van der Waals surface area contributed by atoms with Gasteiger partial charge in [-0.25, -0.2) is 4.39 Å². The predicted octanol–water partition coefficient (Wildman–Crippen LogP) is 6.27. The summed E-state index contributed by atoms with van der Waals surface area (Å²) in [7, 11) is 0. The summed E-state index contributed by atoms with van der Waals surface area (Å²) in [5, 5.41) is 0.640. The maximum Gasteiger partial charge on any atom is 0.235 e. The van der Waals surface area contributed by atoms with Crippen LogP contribution in [0.5, 0.6) is 17.2 Å². The van der Waals surface area contributed by atoms with Crippen LogP contribution in [0.25, 0.3) is 11.0 Å². The van der Waals surface area contributed by atoms with Crippen LogP contribution in [-0.4, -0.2) is 0 Å². The van der Waals surface area contributed by atoms with Crippen molar-refractivity contribution in [2.75, 3.05) is 0 Å². The number of halogens is 2. The third kappa shape index (κ3) is 4.10. The number of benzene rings is 3. The number of hydrogen-bond donors (Lipinski definition) is 0. The minimum Gasteiger partial charge on any atom is -0.489 e. The first-order valence-corrected chi connectivity index (χ1v) is 9.25. The summed E-state index contributed by atoms with van der Waals surface area (Å²) in [6, 6.07) is 16.6. The molecule has 0 unspecified atom stereocenters. The molecule has 0 amide bonds. The van der Waals surface area contributed by atoms with Crippen LogP contribution in [0, 0.1) is 12.7 Å². The molecule has 4 rings (SSSR count). The second kappa shape index (κ2) is 7.97. The van der Waals surface area contributed by atoms with Crippen molar-refractivity contribution in [1.82, 2.24) is 0 Å². The standard InChI is InChI=1S/C23H16ClFO4/c1-14-5-7-15(8-6-14)29-22-13-28-21-11-16(9-10-17(21)23(22)26)27-12-18-19(24)3-2-4-20(18)25/h2-11,13H,12H2,1H3. The quantitative estimate of drug-likeness (QED) is 0.389. The van der Waals surface area contributed by atoms with E-state index in [2.05, 4.69) is 0 Å². The van der Waals surface area contributed by atoms with E-state index in [4.69, 9.17) is 25.5 Å². The minimum absolute atomic E-state index is 0.0458. The Morgan fingerprint density at radius 2 is 1.79 bits per heavy atom. The molecular weight excluding hydrogens is 395 g/mol. The highest BCUT2D eigenvalue weighted by molar-refractivity contribution is 6.31. The van der Waals surface area contributed by atoms with E-state index in [9.17, 15) is 9.18 Å². The summed E-state index contributed by atoms with van der Waals surface area (Å²) in [5.41, 5.74) is 1.39. The lowest BCUT2D eigenvalue weighted by Crippen LogP contribution is -2.05. The summed E-state index contributed by atoms with van der Waals surface area (Å²) in [5.74, 6) is 0.618. The molecule has 0 fully saturated rings. The highest BCUT2D eigenvalue weighted by Crippen LogP contribution is 2.26. The van der Waals surface area contributed by atoms with E-state index in [1.54, 1.807) is 36.4 Å². The van der Waals surface area contributed by atoms with Gasteiger partial charge in [-0.1, -0.05) is 35.4 Å². The zero-order valence-corrected chi connectivity index (χ0v) is 16.2. The van der Waals surface area contributed by atoms with E-state index in [1.807, 2.05) is 19.1 Å². The zero-order chi connectivity index (χ0) is 20.4. The van der Waals surface area contributed by atoms with Gasteiger partial charge < -0.3 is 13.9 Å². The summed E-state index contributed by atoms with van der Waals surface area (Å²) < 4.78 is 30.7. The lowest BCUT2D eigenvalue weighted by atomic mass is 10.2. The Kier molecular flexibility index (Phi) is 5.23. The Morgan fingerprint density at radius 1 is 1.03 bits per heavy atom. The molecule has 0 aliphatic heterocycles. The SMILES string of the molecule is Cc1ccc(Oc2coc3cc(OCc4c(F)cccc4Cl)ccc3c2=O)cc1. The predicted molar refractivity (Wildman–Crippen MR) is 109 cm³/mol. The molecule has 4 aromatic rings. The van der Waals surface area contributed by atoms with Crippen molar-refractivity contribution in [2.24, 2.45) is 0 Å². The fourth-order valence-electron chi connectivity index (χ4n) is 2.81. The molecule has 0 radical (unpaired) electrons. The third-order valence-corrected chi connectivity index (χ3v) is 4.76. The van der Waals surface area contributed by atoms with Crippen LogP contribution in [0.4, 0.5) is 4.39 Å². The number of rotatable bonds is 5. The van der Waals surface area contributed by atoms with Crippen molar-refractivity contribution in [3.8, 4) is 17.2 Å². The molecule has 0 saturated carbocycles. The number of ether oxygens (including phenoxy) is 2. The van der Waals surface area contributed by atoms with Gasteiger partial charge in [0.25, 0.3) is 0 Å². The molecule has 0 N–H and O–H groups in total. The average Bonchev–Trinajstić information content (AvgIpc) is 2.71. The second-order valence-electron chi connectivity index (χ2n) is 6.49. The molecule has 0 aliphatic carbocycles. The normalized spacial score (nSPS) is 10.9. The van der Waals surface area contributed by atoms with Gasteiger partial charge in [-0.3, -0.25) is 4.79 Å². The van der Waals surface area contributed by atoms with Crippen LogP contribution in [0.3, 0.4) is 0 Å². The Bertz CT molecular complexity index is 1210. The molecule has 0 atom stereocenters. The molecule has 4 nitrogen and oxygen atoms in total. The van der Waals surface area contributed by atoms with E-state index < -0.39 is 5.82 Å². The Labute approximate surface area is 171 Å². The van der Waals surface area contributed by atoms with Crippen molar-refractivity contribution in [3.05, 3.63) is 99.1 Å². The molecule has 1 aromatic heterocycles. The van der Waals surface area contributed by atoms with E-state index in [0.717, 1.165) is 5.56 Å². The Hall–Kier alpha value is -3.31. The van der Waals surface area contributed by atoms with Crippen LogP contribution in [0.2, 0.25) is 5.02 Å². The average molecular weight is 411 g/mol. The third-order valence-electron chi connectivity index (χ3n) is 4.41. The highest BCUT2D eigenvalue weighted by atomic mass is 35.5. The van der Waals surface area contributed by atoms with Gasteiger partial charge in [0.15, 0.2) is 0 Å². The van der Waals surface area contributed by atoms with Gasteiger partial charge in [0.05, 0.1) is 10.4 Å². The fraction of sp³-hybridized carbons (Fsp3) is 0.0870.